The zero-order valence-corrected chi connectivity index (χ0v) is 6.26. The quantitative estimate of drug-likeness (QED) is 0.334. The van der Waals surface area contributed by atoms with Crippen LogP contribution in [0.15, 0.2) is 4.79 Å². The van der Waals surface area contributed by atoms with Crippen LogP contribution in [0, 0.1) is 0 Å². The Hall–Kier alpha value is -1.72. The Morgan fingerprint density at radius 3 is 2.75 bits per heavy atom. The van der Waals surface area contributed by atoms with Crippen LogP contribution in [0.3, 0.4) is 0 Å². The highest BCUT2D eigenvalue weighted by atomic mass is 16.3. The molecule has 1 rings (SSSR count). The average molecular weight is 171 g/mol. The molecule has 0 saturated carbocycles. The van der Waals surface area contributed by atoms with E-state index in [4.69, 9.17) is 5.11 Å². The molecule has 1 aromatic heterocycles. The van der Waals surface area contributed by atoms with E-state index < -0.39 is 5.69 Å². The van der Waals surface area contributed by atoms with Gasteiger partial charge in [-0.25, -0.2) is 4.79 Å². The Balaban J connectivity index is 2.56. The van der Waals surface area contributed by atoms with Gasteiger partial charge in [-0.1, -0.05) is 0 Å². The third-order valence-electron chi connectivity index (χ3n) is 1.38. The molecule has 0 unspecified atom stereocenters. The minimum atomic E-state index is -0.450. The van der Waals surface area contributed by atoms with Crippen molar-refractivity contribution in [1.82, 2.24) is 15.3 Å². The van der Waals surface area contributed by atoms with Crippen molar-refractivity contribution in [2.75, 3.05) is 6.54 Å². The summed E-state index contributed by atoms with van der Waals surface area (Å²) in [7, 11) is 0. The number of imidazole rings is 1. The number of H-pyrrole nitrogens is 2. The summed E-state index contributed by atoms with van der Waals surface area (Å²) in [5, 5.41) is 11.4. The monoisotopic (exact) mass is 171 g/mol. The van der Waals surface area contributed by atoms with Gasteiger partial charge in [-0.3, -0.25) is 9.78 Å². The Bertz CT molecular complexity index is 314. The van der Waals surface area contributed by atoms with Crippen molar-refractivity contribution in [3.8, 4) is 5.88 Å². The molecule has 4 N–H and O–H groups in total. The SMILES string of the molecule is O=CNCCc1[nH]c(=O)[nH]c1O. The zero-order chi connectivity index (χ0) is 8.97. The van der Waals surface area contributed by atoms with Crippen LogP contribution < -0.4 is 11.0 Å². The molecule has 0 aliphatic carbocycles. The molecule has 0 aliphatic rings. The van der Waals surface area contributed by atoms with E-state index >= 15 is 0 Å². The molecule has 0 bridgehead atoms. The second-order valence-electron chi connectivity index (χ2n) is 2.23. The number of rotatable bonds is 4. The molecule has 0 aliphatic heterocycles. The van der Waals surface area contributed by atoms with E-state index in [1.54, 1.807) is 0 Å². The summed E-state index contributed by atoms with van der Waals surface area (Å²) in [6.45, 7) is 0.380. The number of aromatic nitrogens is 2. The summed E-state index contributed by atoms with van der Waals surface area (Å²) in [4.78, 5) is 25.0. The van der Waals surface area contributed by atoms with Crippen LogP contribution in [0.1, 0.15) is 5.69 Å². The number of hydrogen-bond donors (Lipinski definition) is 4. The maximum atomic E-state index is 10.6. The smallest absolute Gasteiger partial charge is 0.325 e. The number of amides is 1. The van der Waals surface area contributed by atoms with Crippen LogP contribution in [0.5, 0.6) is 5.88 Å². The van der Waals surface area contributed by atoms with Gasteiger partial charge in [-0.2, -0.15) is 0 Å². The van der Waals surface area contributed by atoms with E-state index in [9.17, 15) is 9.59 Å². The van der Waals surface area contributed by atoms with Crippen LogP contribution >= 0.6 is 0 Å². The largest absolute Gasteiger partial charge is 0.493 e. The number of aromatic amines is 2. The number of nitrogens with one attached hydrogen (secondary N) is 3. The van der Waals surface area contributed by atoms with Gasteiger partial charge in [0.2, 0.25) is 12.3 Å². The van der Waals surface area contributed by atoms with Crippen LogP contribution in [-0.4, -0.2) is 28.0 Å². The zero-order valence-electron chi connectivity index (χ0n) is 6.26. The maximum Gasteiger partial charge on any atom is 0.325 e. The number of carbonyl (C=O) groups is 1. The summed E-state index contributed by atoms with van der Waals surface area (Å²) in [5.41, 5.74) is -0.0528. The predicted octanol–water partition coefficient (Wildman–Crippen LogP) is -1.30. The summed E-state index contributed by atoms with van der Waals surface area (Å²) >= 11 is 0. The Kier molecular flexibility index (Phi) is 2.52. The van der Waals surface area contributed by atoms with Gasteiger partial charge in [0, 0.05) is 13.0 Å². The van der Waals surface area contributed by atoms with E-state index in [0.29, 0.717) is 25.1 Å². The summed E-state index contributed by atoms with van der Waals surface area (Å²) in [6.07, 6.45) is 0.950. The molecule has 0 aromatic carbocycles. The van der Waals surface area contributed by atoms with Gasteiger partial charge < -0.3 is 15.4 Å². The third kappa shape index (κ3) is 1.88. The van der Waals surface area contributed by atoms with Gasteiger partial charge in [-0.05, 0) is 0 Å². The molecular formula is C6H9N3O3. The molecule has 0 radical (unpaired) electrons. The van der Waals surface area contributed by atoms with Crippen LogP contribution in [-0.2, 0) is 11.2 Å². The first-order chi connectivity index (χ1) is 5.74. The summed E-state index contributed by atoms with van der Waals surface area (Å²) in [5.74, 6) is -0.173. The highest BCUT2D eigenvalue weighted by Gasteiger charge is 2.03. The fourth-order valence-corrected chi connectivity index (χ4v) is 0.847. The fourth-order valence-electron chi connectivity index (χ4n) is 0.847. The van der Waals surface area contributed by atoms with E-state index in [2.05, 4.69) is 15.3 Å². The lowest BCUT2D eigenvalue weighted by Crippen LogP contribution is -2.15. The van der Waals surface area contributed by atoms with Gasteiger partial charge >= 0.3 is 5.69 Å². The predicted molar refractivity (Wildman–Crippen MR) is 40.8 cm³/mol. The molecule has 0 spiro atoms. The minimum Gasteiger partial charge on any atom is -0.493 e. The summed E-state index contributed by atoms with van der Waals surface area (Å²) < 4.78 is 0. The summed E-state index contributed by atoms with van der Waals surface area (Å²) in [6, 6.07) is 0. The normalized spacial score (nSPS) is 9.67. The molecule has 0 atom stereocenters. The van der Waals surface area contributed by atoms with Crippen molar-refractivity contribution < 1.29 is 9.90 Å². The Morgan fingerprint density at radius 1 is 1.50 bits per heavy atom. The topological polar surface area (TPSA) is 98.0 Å². The van der Waals surface area contributed by atoms with E-state index in [1.807, 2.05) is 0 Å². The number of aromatic hydroxyl groups is 1. The molecule has 1 amide bonds. The molecule has 66 valence electrons. The third-order valence-corrected chi connectivity index (χ3v) is 1.38. The molecule has 6 nitrogen and oxygen atoms in total. The molecule has 0 saturated heterocycles. The van der Waals surface area contributed by atoms with Gasteiger partial charge in [0.25, 0.3) is 0 Å². The minimum absolute atomic E-state index is 0.173. The first-order valence-corrected chi connectivity index (χ1v) is 3.41. The molecular weight excluding hydrogens is 162 g/mol. The first kappa shape index (κ1) is 8.38. The van der Waals surface area contributed by atoms with Crippen molar-refractivity contribution in [3.63, 3.8) is 0 Å². The van der Waals surface area contributed by atoms with Crippen LogP contribution in [0.25, 0.3) is 0 Å². The molecule has 1 aromatic rings. The fraction of sp³-hybridized carbons (Fsp3) is 0.333. The van der Waals surface area contributed by atoms with Crippen molar-refractivity contribution in [3.05, 3.63) is 16.2 Å². The van der Waals surface area contributed by atoms with E-state index in [1.165, 1.54) is 0 Å². The van der Waals surface area contributed by atoms with Gasteiger partial charge in [0.05, 0.1) is 5.69 Å². The molecule has 6 heteroatoms. The Labute approximate surface area is 67.6 Å². The second-order valence-corrected chi connectivity index (χ2v) is 2.23. The van der Waals surface area contributed by atoms with Crippen LogP contribution in [0.2, 0.25) is 0 Å². The molecule has 0 fully saturated rings. The molecule has 1 heterocycles. The van der Waals surface area contributed by atoms with Crippen molar-refractivity contribution in [1.29, 1.82) is 0 Å². The average Bonchev–Trinajstić information content (AvgIpc) is 2.31. The van der Waals surface area contributed by atoms with Gasteiger partial charge in [-0.15, -0.1) is 0 Å². The van der Waals surface area contributed by atoms with Gasteiger partial charge in [0.1, 0.15) is 0 Å². The van der Waals surface area contributed by atoms with Gasteiger partial charge in [0.15, 0.2) is 0 Å². The standard InChI is InChI=1S/C6H9N3O3/c10-3-7-2-1-4-5(11)9-6(12)8-4/h3,11H,1-2H2,(H,7,10)(H2,8,9,12). The number of hydrogen-bond acceptors (Lipinski definition) is 3. The molecule has 12 heavy (non-hydrogen) atoms. The van der Waals surface area contributed by atoms with Crippen molar-refractivity contribution >= 4 is 6.41 Å². The highest BCUT2D eigenvalue weighted by molar-refractivity contribution is 5.45. The van der Waals surface area contributed by atoms with Crippen LogP contribution in [0.4, 0.5) is 0 Å². The lowest BCUT2D eigenvalue weighted by molar-refractivity contribution is -0.109. The lowest BCUT2D eigenvalue weighted by atomic mass is 10.3. The van der Waals surface area contributed by atoms with Crippen molar-refractivity contribution in [2.24, 2.45) is 0 Å². The first-order valence-electron chi connectivity index (χ1n) is 3.41. The second kappa shape index (κ2) is 3.61. The van der Waals surface area contributed by atoms with Crippen molar-refractivity contribution in [2.45, 2.75) is 6.42 Å². The highest BCUT2D eigenvalue weighted by Crippen LogP contribution is 2.06. The Morgan fingerprint density at radius 2 is 2.25 bits per heavy atom. The maximum absolute atomic E-state index is 10.6. The van der Waals surface area contributed by atoms with E-state index in [0.717, 1.165) is 0 Å². The van der Waals surface area contributed by atoms with E-state index in [-0.39, 0.29) is 5.88 Å². The lowest BCUT2D eigenvalue weighted by Gasteiger charge is -1.95. The number of carbonyl (C=O) groups excluding carboxylic acids is 1.